The van der Waals surface area contributed by atoms with Crippen LogP contribution in [0.4, 0.5) is 5.69 Å². The summed E-state index contributed by atoms with van der Waals surface area (Å²) >= 11 is 3.42. The SMILES string of the molecule is Cc1ccc(C(=O)N(C)c2cccc(O)c2)cc1Br. The molecule has 1 amide bonds. The molecule has 0 heterocycles. The Kier molecular flexibility index (Phi) is 3.90. The van der Waals surface area contributed by atoms with Gasteiger partial charge in [0.05, 0.1) is 0 Å². The minimum absolute atomic E-state index is 0.119. The maximum atomic E-state index is 12.3. The quantitative estimate of drug-likeness (QED) is 0.916. The van der Waals surface area contributed by atoms with Gasteiger partial charge in [-0.05, 0) is 36.8 Å². The molecule has 0 atom stereocenters. The molecule has 0 bridgehead atoms. The Balaban J connectivity index is 2.30. The number of benzene rings is 2. The summed E-state index contributed by atoms with van der Waals surface area (Å²) in [4.78, 5) is 13.9. The first-order valence-electron chi connectivity index (χ1n) is 5.82. The summed E-state index contributed by atoms with van der Waals surface area (Å²) < 4.78 is 0.905. The molecule has 2 rings (SSSR count). The van der Waals surface area contributed by atoms with Crippen molar-refractivity contribution in [2.24, 2.45) is 0 Å². The zero-order valence-electron chi connectivity index (χ0n) is 10.7. The summed E-state index contributed by atoms with van der Waals surface area (Å²) in [5, 5.41) is 9.45. The highest BCUT2D eigenvalue weighted by Gasteiger charge is 2.14. The summed E-state index contributed by atoms with van der Waals surface area (Å²) in [6, 6.07) is 12.1. The number of aryl methyl sites for hydroxylation is 1. The topological polar surface area (TPSA) is 40.5 Å². The molecular formula is C15H14BrNO2. The van der Waals surface area contributed by atoms with Gasteiger partial charge in [-0.25, -0.2) is 0 Å². The Hall–Kier alpha value is -1.81. The number of amides is 1. The molecule has 2 aromatic rings. The van der Waals surface area contributed by atoms with Crippen LogP contribution in [0.3, 0.4) is 0 Å². The van der Waals surface area contributed by atoms with Crippen molar-refractivity contribution in [1.29, 1.82) is 0 Å². The number of hydrogen-bond acceptors (Lipinski definition) is 2. The first kappa shape index (κ1) is 13.6. The van der Waals surface area contributed by atoms with Crippen molar-refractivity contribution < 1.29 is 9.90 Å². The molecule has 1 N–H and O–H groups in total. The van der Waals surface area contributed by atoms with Gasteiger partial charge in [0, 0.05) is 28.8 Å². The minimum atomic E-state index is -0.119. The third-order valence-corrected chi connectivity index (χ3v) is 3.79. The summed E-state index contributed by atoms with van der Waals surface area (Å²) in [5.74, 6) is 0.0218. The van der Waals surface area contributed by atoms with E-state index in [9.17, 15) is 9.90 Å². The molecule has 98 valence electrons. The minimum Gasteiger partial charge on any atom is -0.508 e. The second kappa shape index (κ2) is 5.45. The number of halogens is 1. The van der Waals surface area contributed by atoms with E-state index in [1.807, 2.05) is 13.0 Å². The van der Waals surface area contributed by atoms with Crippen molar-refractivity contribution in [3.8, 4) is 5.75 Å². The van der Waals surface area contributed by atoms with Crippen molar-refractivity contribution >= 4 is 27.5 Å². The molecule has 0 unspecified atom stereocenters. The predicted octanol–water partition coefficient (Wildman–Crippen LogP) is 3.74. The summed E-state index contributed by atoms with van der Waals surface area (Å²) in [6.45, 7) is 1.97. The Bertz CT molecular complexity index is 625. The number of carbonyl (C=O) groups excluding carboxylic acids is 1. The van der Waals surface area contributed by atoms with Crippen LogP contribution < -0.4 is 4.90 Å². The lowest BCUT2D eigenvalue weighted by molar-refractivity contribution is 0.0993. The van der Waals surface area contributed by atoms with Crippen LogP contribution in [0.5, 0.6) is 5.75 Å². The van der Waals surface area contributed by atoms with Gasteiger partial charge in [-0.15, -0.1) is 0 Å². The first-order chi connectivity index (χ1) is 8.99. The van der Waals surface area contributed by atoms with Crippen LogP contribution in [0.25, 0.3) is 0 Å². The van der Waals surface area contributed by atoms with E-state index in [0.29, 0.717) is 11.3 Å². The van der Waals surface area contributed by atoms with Gasteiger partial charge >= 0.3 is 0 Å². The van der Waals surface area contributed by atoms with Gasteiger partial charge in [-0.3, -0.25) is 4.79 Å². The average Bonchev–Trinajstić information content (AvgIpc) is 2.40. The molecule has 0 aliphatic rings. The van der Waals surface area contributed by atoms with Crippen LogP contribution >= 0.6 is 15.9 Å². The Morgan fingerprint density at radius 3 is 2.58 bits per heavy atom. The molecule has 0 aliphatic heterocycles. The molecule has 0 aliphatic carbocycles. The molecule has 3 nitrogen and oxygen atoms in total. The number of anilines is 1. The van der Waals surface area contributed by atoms with Crippen molar-refractivity contribution in [3.63, 3.8) is 0 Å². The van der Waals surface area contributed by atoms with Gasteiger partial charge in [0.15, 0.2) is 0 Å². The van der Waals surface area contributed by atoms with E-state index in [-0.39, 0.29) is 11.7 Å². The van der Waals surface area contributed by atoms with Crippen molar-refractivity contribution in [3.05, 3.63) is 58.1 Å². The molecule has 0 aromatic heterocycles. The smallest absolute Gasteiger partial charge is 0.258 e. The van der Waals surface area contributed by atoms with E-state index in [1.54, 1.807) is 43.4 Å². The molecule has 0 saturated heterocycles. The van der Waals surface area contributed by atoms with E-state index in [0.717, 1.165) is 10.0 Å². The Labute approximate surface area is 120 Å². The number of rotatable bonds is 2. The van der Waals surface area contributed by atoms with E-state index >= 15 is 0 Å². The van der Waals surface area contributed by atoms with Gasteiger partial charge in [0.1, 0.15) is 5.75 Å². The zero-order chi connectivity index (χ0) is 14.0. The third-order valence-electron chi connectivity index (χ3n) is 2.94. The average molecular weight is 320 g/mol. The number of phenolic OH excluding ortho intramolecular Hbond substituents is 1. The second-order valence-electron chi connectivity index (χ2n) is 4.35. The molecule has 4 heteroatoms. The predicted molar refractivity (Wildman–Crippen MR) is 79.7 cm³/mol. The second-order valence-corrected chi connectivity index (χ2v) is 5.20. The fourth-order valence-electron chi connectivity index (χ4n) is 1.74. The Morgan fingerprint density at radius 2 is 1.95 bits per heavy atom. The van der Waals surface area contributed by atoms with Crippen LogP contribution in [0.1, 0.15) is 15.9 Å². The van der Waals surface area contributed by atoms with Gasteiger partial charge in [0.2, 0.25) is 0 Å². The van der Waals surface area contributed by atoms with Gasteiger partial charge in [-0.2, -0.15) is 0 Å². The molecule has 2 aromatic carbocycles. The highest BCUT2D eigenvalue weighted by atomic mass is 79.9. The lowest BCUT2D eigenvalue weighted by Gasteiger charge is -2.18. The van der Waals surface area contributed by atoms with Crippen molar-refractivity contribution in [1.82, 2.24) is 0 Å². The summed E-state index contributed by atoms with van der Waals surface area (Å²) in [6.07, 6.45) is 0. The highest BCUT2D eigenvalue weighted by Crippen LogP contribution is 2.23. The lowest BCUT2D eigenvalue weighted by atomic mass is 10.1. The molecular weight excluding hydrogens is 306 g/mol. The zero-order valence-corrected chi connectivity index (χ0v) is 12.3. The van der Waals surface area contributed by atoms with Gasteiger partial charge in [0.25, 0.3) is 5.91 Å². The maximum Gasteiger partial charge on any atom is 0.258 e. The normalized spacial score (nSPS) is 10.3. The van der Waals surface area contributed by atoms with Crippen LogP contribution in [0, 0.1) is 6.92 Å². The number of nitrogens with zero attached hydrogens (tertiary/aromatic N) is 1. The van der Waals surface area contributed by atoms with E-state index in [1.165, 1.54) is 4.90 Å². The van der Waals surface area contributed by atoms with E-state index in [4.69, 9.17) is 0 Å². The summed E-state index contributed by atoms with van der Waals surface area (Å²) in [7, 11) is 1.69. The monoisotopic (exact) mass is 319 g/mol. The fraction of sp³-hybridized carbons (Fsp3) is 0.133. The van der Waals surface area contributed by atoms with E-state index in [2.05, 4.69) is 15.9 Å². The van der Waals surface area contributed by atoms with Crippen LogP contribution in [0.2, 0.25) is 0 Å². The number of phenols is 1. The van der Waals surface area contributed by atoms with Gasteiger partial charge < -0.3 is 10.0 Å². The largest absolute Gasteiger partial charge is 0.508 e. The molecule has 19 heavy (non-hydrogen) atoms. The van der Waals surface area contributed by atoms with Crippen LogP contribution in [-0.2, 0) is 0 Å². The van der Waals surface area contributed by atoms with Crippen LogP contribution in [0.15, 0.2) is 46.9 Å². The maximum absolute atomic E-state index is 12.3. The highest BCUT2D eigenvalue weighted by molar-refractivity contribution is 9.10. The fourth-order valence-corrected chi connectivity index (χ4v) is 2.12. The molecule has 0 radical (unpaired) electrons. The lowest BCUT2D eigenvalue weighted by Crippen LogP contribution is -2.26. The standard InChI is InChI=1S/C15H14BrNO2/c1-10-6-7-11(8-14(10)16)15(19)17(2)12-4-3-5-13(18)9-12/h3-9,18H,1-2H3. The number of carbonyl (C=O) groups is 1. The first-order valence-corrected chi connectivity index (χ1v) is 6.61. The van der Waals surface area contributed by atoms with Crippen molar-refractivity contribution in [2.75, 3.05) is 11.9 Å². The molecule has 0 saturated carbocycles. The molecule has 0 fully saturated rings. The van der Waals surface area contributed by atoms with E-state index < -0.39 is 0 Å². The number of hydrogen-bond donors (Lipinski definition) is 1. The summed E-state index contributed by atoms with van der Waals surface area (Å²) in [5.41, 5.74) is 2.33. The Morgan fingerprint density at radius 1 is 1.21 bits per heavy atom. The third kappa shape index (κ3) is 2.96. The van der Waals surface area contributed by atoms with Gasteiger partial charge in [-0.1, -0.05) is 28.1 Å². The molecule has 0 spiro atoms. The van der Waals surface area contributed by atoms with Crippen molar-refractivity contribution in [2.45, 2.75) is 6.92 Å². The van der Waals surface area contributed by atoms with Crippen LogP contribution in [-0.4, -0.2) is 18.1 Å². The number of aromatic hydroxyl groups is 1.